The van der Waals surface area contributed by atoms with Gasteiger partial charge in [0.1, 0.15) is 5.70 Å². The van der Waals surface area contributed by atoms with Gasteiger partial charge < -0.3 is 9.64 Å². The maximum absolute atomic E-state index is 13.5. The van der Waals surface area contributed by atoms with Gasteiger partial charge in [-0.1, -0.05) is 26.3 Å². The number of hydrogen-bond acceptors (Lipinski definition) is 6. The lowest BCUT2D eigenvalue weighted by Crippen LogP contribution is -2.39. The fourth-order valence-corrected chi connectivity index (χ4v) is 4.98. The van der Waals surface area contributed by atoms with Gasteiger partial charge in [-0.2, -0.15) is 0 Å². The van der Waals surface area contributed by atoms with E-state index in [0.717, 1.165) is 43.6 Å². The zero-order valence-corrected chi connectivity index (χ0v) is 19.3. The highest BCUT2D eigenvalue weighted by Crippen LogP contribution is 2.37. The number of likely N-dealkylation sites (tertiary alicyclic amines) is 1. The van der Waals surface area contributed by atoms with Crippen molar-refractivity contribution in [2.45, 2.75) is 39.5 Å². The molecule has 1 saturated heterocycles. The van der Waals surface area contributed by atoms with Gasteiger partial charge in [0.25, 0.3) is 11.8 Å². The Bertz CT molecular complexity index is 1030. The molecule has 2 aliphatic heterocycles. The number of carbonyl (C=O) groups excluding carboxylic acids is 3. The van der Waals surface area contributed by atoms with Crippen LogP contribution in [0.3, 0.4) is 0 Å². The Labute approximate surface area is 192 Å². The van der Waals surface area contributed by atoms with Crippen LogP contribution in [0.5, 0.6) is 0 Å². The number of thiophene rings is 1. The minimum atomic E-state index is -0.399. The predicted molar refractivity (Wildman–Crippen MR) is 125 cm³/mol. The molecule has 2 aliphatic rings. The molecule has 1 unspecified atom stereocenters. The van der Waals surface area contributed by atoms with Crippen LogP contribution in [-0.4, -0.2) is 42.4 Å². The first-order valence-electron chi connectivity index (χ1n) is 11.2. The molecule has 1 fully saturated rings. The molecule has 1 aromatic carbocycles. The molecule has 0 aliphatic carbocycles. The maximum Gasteiger partial charge on any atom is 0.338 e. The maximum atomic E-state index is 13.5. The number of imide groups is 1. The van der Waals surface area contributed by atoms with Crippen molar-refractivity contribution in [1.82, 2.24) is 4.90 Å². The second-order valence-corrected chi connectivity index (χ2v) is 9.32. The summed E-state index contributed by atoms with van der Waals surface area (Å²) in [5.41, 5.74) is 1.83. The van der Waals surface area contributed by atoms with Gasteiger partial charge in [-0.3, -0.25) is 9.59 Å². The first kappa shape index (κ1) is 22.3. The summed E-state index contributed by atoms with van der Waals surface area (Å²) in [6.07, 6.45) is 3.89. The minimum Gasteiger partial charge on any atom is -0.462 e. The van der Waals surface area contributed by atoms with E-state index in [1.54, 1.807) is 24.3 Å². The number of benzene rings is 1. The van der Waals surface area contributed by atoms with Crippen LogP contribution in [0.25, 0.3) is 5.57 Å². The third kappa shape index (κ3) is 4.35. The Balaban J connectivity index is 1.62. The van der Waals surface area contributed by atoms with Crippen molar-refractivity contribution in [2.75, 3.05) is 24.6 Å². The number of anilines is 1. The molecule has 3 heterocycles. The fourth-order valence-electron chi connectivity index (χ4n) is 4.22. The molecule has 0 saturated carbocycles. The summed E-state index contributed by atoms with van der Waals surface area (Å²) in [4.78, 5) is 43.3. The molecule has 0 bridgehead atoms. The zero-order valence-electron chi connectivity index (χ0n) is 18.5. The van der Waals surface area contributed by atoms with Crippen LogP contribution in [0.15, 0.2) is 47.5 Å². The Morgan fingerprint density at radius 1 is 1.16 bits per heavy atom. The fraction of sp³-hybridized carbons (Fsp3) is 0.400. The average molecular weight is 453 g/mol. The van der Waals surface area contributed by atoms with E-state index in [1.807, 2.05) is 24.4 Å². The number of amides is 2. The number of nitrogens with zero attached hydrogens (tertiary/aromatic N) is 2. The minimum absolute atomic E-state index is 0.300. The number of carbonyl (C=O) groups is 3. The summed E-state index contributed by atoms with van der Waals surface area (Å²) in [7, 11) is 0. The first-order chi connectivity index (χ1) is 15.5. The molecule has 4 rings (SSSR count). The summed E-state index contributed by atoms with van der Waals surface area (Å²) < 4.78 is 5.25. The quantitative estimate of drug-likeness (QED) is 0.345. The van der Waals surface area contributed by atoms with E-state index in [2.05, 4.69) is 11.8 Å². The number of rotatable bonds is 7. The van der Waals surface area contributed by atoms with E-state index in [9.17, 15) is 14.4 Å². The monoisotopic (exact) mass is 452 g/mol. The highest BCUT2D eigenvalue weighted by Gasteiger charge is 2.43. The summed E-state index contributed by atoms with van der Waals surface area (Å²) in [5, 5.41) is 1.91. The molecule has 32 heavy (non-hydrogen) atoms. The zero-order chi connectivity index (χ0) is 22.7. The highest BCUT2D eigenvalue weighted by atomic mass is 32.1. The Kier molecular flexibility index (Phi) is 6.74. The predicted octanol–water partition coefficient (Wildman–Crippen LogP) is 4.72. The van der Waals surface area contributed by atoms with Crippen molar-refractivity contribution < 1.29 is 19.1 Å². The van der Waals surface area contributed by atoms with Crippen molar-refractivity contribution in [1.29, 1.82) is 0 Å². The molecule has 6 nitrogen and oxygen atoms in total. The van der Waals surface area contributed by atoms with Crippen molar-refractivity contribution in [3.8, 4) is 0 Å². The van der Waals surface area contributed by atoms with Gasteiger partial charge in [0.15, 0.2) is 0 Å². The van der Waals surface area contributed by atoms with Gasteiger partial charge in [0.05, 0.1) is 23.4 Å². The van der Waals surface area contributed by atoms with Gasteiger partial charge in [-0.15, -0.1) is 11.3 Å². The summed E-state index contributed by atoms with van der Waals surface area (Å²) in [6.45, 7) is 6.12. The van der Waals surface area contributed by atoms with Crippen LogP contribution in [0, 0.1) is 5.92 Å². The van der Waals surface area contributed by atoms with E-state index >= 15 is 0 Å². The van der Waals surface area contributed by atoms with Crippen LogP contribution < -0.4 is 4.90 Å². The van der Waals surface area contributed by atoms with E-state index in [0.29, 0.717) is 35.0 Å². The lowest BCUT2D eigenvalue weighted by atomic mass is 9.99. The molecular weight excluding hydrogens is 424 g/mol. The molecule has 7 heteroatoms. The van der Waals surface area contributed by atoms with E-state index in [-0.39, 0.29) is 11.8 Å². The molecule has 2 amide bonds. The van der Waals surface area contributed by atoms with Crippen molar-refractivity contribution in [3.05, 3.63) is 57.9 Å². The molecule has 1 aromatic heterocycles. The lowest BCUT2D eigenvalue weighted by molar-refractivity contribution is -0.120. The van der Waals surface area contributed by atoms with Crippen LogP contribution in [-0.2, 0) is 14.3 Å². The van der Waals surface area contributed by atoms with Crippen molar-refractivity contribution in [2.24, 2.45) is 5.92 Å². The topological polar surface area (TPSA) is 66.9 Å². The summed E-state index contributed by atoms with van der Waals surface area (Å²) in [5.74, 6) is -0.546. The van der Waals surface area contributed by atoms with E-state index < -0.39 is 5.97 Å². The smallest absolute Gasteiger partial charge is 0.338 e. The van der Waals surface area contributed by atoms with Gasteiger partial charge in [0.2, 0.25) is 0 Å². The molecule has 0 N–H and O–H groups in total. The van der Waals surface area contributed by atoms with Gasteiger partial charge in [0, 0.05) is 18.0 Å². The number of piperidine rings is 1. The van der Waals surface area contributed by atoms with Crippen LogP contribution >= 0.6 is 11.3 Å². The molecule has 168 valence electrons. The molecular formula is C25H28N2O4S. The van der Waals surface area contributed by atoms with Crippen molar-refractivity contribution in [3.63, 3.8) is 0 Å². The summed E-state index contributed by atoms with van der Waals surface area (Å²) in [6, 6.07) is 10.3. The molecule has 2 aromatic rings. The standard InChI is InChI=1S/C25H28N2O4S/c1-3-4-14-31-25(30)18-9-11-19(12-10-18)27-23(28)21(20-8-6-15-32-20)22(24(27)29)26-13-5-7-17(2)16-26/h6,8-12,15,17H,3-5,7,13-14,16H2,1-2H3. The Hall–Kier alpha value is -2.93. The normalized spacial score (nSPS) is 19.1. The van der Waals surface area contributed by atoms with Crippen molar-refractivity contribution >= 4 is 40.4 Å². The van der Waals surface area contributed by atoms with E-state index in [4.69, 9.17) is 4.74 Å². The van der Waals surface area contributed by atoms with Crippen LogP contribution in [0.2, 0.25) is 0 Å². The van der Waals surface area contributed by atoms with E-state index in [1.165, 1.54) is 16.2 Å². The van der Waals surface area contributed by atoms with Crippen LogP contribution in [0.4, 0.5) is 5.69 Å². The SMILES string of the molecule is CCCCOC(=O)c1ccc(N2C(=O)C(c3cccs3)=C(N3CCCC(C)C3)C2=O)cc1. The summed E-state index contributed by atoms with van der Waals surface area (Å²) >= 11 is 1.46. The average Bonchev–Trinajstić information content (AvgIpc) is 3.40. The highest BCUT2D eigenvalue weighted by molar-refractivity contribution is 7.11. The second-order valence-electron chi connectivity index (χ2n) is 8.38. The first-order valence-corrected chi connectivity index (χ1v) is 12.1. The number of esters is 1. The molecule has 0 spiro atoms. The van der Waals surface area contributed by atoms with Gasteiger partial charge in [-0.05, 0) is 60.9 Å². The largest absolute Gasteiger partial charge is 0.462 e. The third-order valence-corrected chi connectivity index (χ3v) is 6.78. The number of unbranched alkanes of at least 4 members (excludes halogenated alkanes) is 1. The van der Waals surface area contributed by atoms with Gasteiger partial charge >= 0.3 is 5.97 Å². The number of hydrogen-bond donors (Lipinski definition) is 0. The Morgan fingerprint density at radius 3 is 2.59 bits per heavy atom. The molecule has 1 atom stereocenters. The number of ether oxygens (including phenoxy) is 1. The lowest BCUT2D eigenvalue weighted by Gasteiger charge is -2.33. The molecule has 0 radical (unpaired) electrons. The third-order valence-electron chi connectivity index (χ3n) is 5.89. The van der Waals surface area contributed by atoms with Gasteiger partial charge in [-0.25, -0.2) is 9.69 Å². The second kappa shape index (κ2) is 9.69. The van der Waals surface area contributed by atoms with Crippen LogP contribution in [0.1, 0.15) is 54.8 Å². The Morgan fingerprint density at radius 2 is 1.94 bits per heavy atom.